The van der Waals surface area contributed by atoms with Crippen LogP contribution in [-0.2, 0) is 10.5 Å². The van der Waals surface area contributed by atoms with Crippen LogP contribution in [0.1, 0.15) is 5.56 Å². The monoisotopic (exact) mass is 396 g/mol. The van der Waals surface area contributed by atoms with Crippen LogP contribution < -0.4 is 4.90 Å². The molecule has 1 fully saturated rings. The summed E-state index contributed by atoms with van der Waals surface area (Å²) in [5.74, 6) is 0.146. The van der Waals surface area contributed by atoms with Crippen molar-refractivity contribution >= 4 is 35.0 Å². The van der Waals surface area contributed by atoms with E-state index in [1.54, 1.807) is 29.2 Å². The average molecular weight is 397 g/mol. The molecule has 1 aliphatic heterocycles. The number of nitrogens with zero attached hydrogens (tertiary/aromatic N) is 2. The summed E-state index contributed by atoms with van der Waals surface area (Å²) in [5.41, 5.74) is 1.11. The zero-order valence-electron chi connectivity index (χ0n) is 14.1. The highest BCUT2D eigenvalue weighted by Crippen LogP contribution is 2.22. The van der Waals surface area contributed by atoms with E-state index in [1.807, 2.05) is 11.0 Å². The number of piperazine rings is 1. The van der Waals surface area contributed by atoms with Crippen molar-refractivity contribution in [3.05, 3.63) is 64.7 Å². The molecule has 0 radical (unpaired) electrons. The maximum atomic E-state index is 13.9. The van der Waals surface area contributed by atoms with E-state index in [2.05, 4.69) is 0 Å². The second-order valence-corrected chi connectivity index (χ2v) is 7.47. The molecule has 0 spiro atoms. The minimum absolute atomic E-state index is 0.0255. The number of amides is 1. The topological polar surface area (TPSA) is 23.6 Å². The fourth-order valence-corrected chi connectivity index (χ4v) is 3.96. The highest BCUT2D eigenvalue weighted by molar-refractivity contribution is 7.99. The molecule has 2 aromatic rings. The molecule has 0 unspecified atom stereocenters. The van der Waals surface area contributed by atoms with E-state index in [0.717, 1.165) is 0 Å². The van der Waals surface area contributed by atoms with Crippen molar-refractivity contribution in [2.24, 2.45) is 0 Å². The van der Waals surface area contributed by atoms with Gasteiger partial charge in [0.05, 0.1) is 11.4 Å². The van der Waals surface area contributed by atoms with Gasteiger partial charge in [0.1, 0.15) is 11.6 Å². The largest absolute Gasteiger partial charge is 0.366 e. The number of hydrogen-bond acceptors (Lipinski definition) is 3. The van der Waals surface area contributed by atoms with E-state index in [-0.39, 0.29) is 17.5 Å². The molecule has 0 N–H and O–H groups in total. The first-order valence-corrected chi connectivity index (χ1v) is 9.87. The van der Waals surface area contributed by atoms with Gasteiger partial charge in [-0.05, 0) is 29.8 Å². The van der Waals surface area contributed by atoms with Gasteiger partial charge in [0.2, 0.25) is 5.91 Å². The van der Waals surface area contributed by atoms with Gasteiger partial charge in [-0.2, -0.15) is 0 Å². The molecule has 1 aliphatic rings. The van der Waals surface area contributed by atoms with Gasteiger partial charge < -0.3 is 9.80 Å². The van der Waals surface area contributed by atoms with Crippen molar-refractivity contribution in [1.29, 1.82) is 0 Å². The third-order valence-electron chi connectivity index (χ3n) is 4.32. The van der Waals surface area contributed by atoms with Gasteiger partial charge in [-0.25, -0.2) is 8.78 Å². The summed E-state index contributed by atoms with van der Waals surface area (Å²) in [4.78, 5) is 16.1. The molecular formula is C19H19ClF2N2OS. The summed E-state index contributed by atoms with van der Waals surface area (Å²) in [6.07, 6.45) is 0. The molecule has 1 amide bonds. The van der Waals surface area contributed by atoms with Crippen molar-refractivity contribution in [2.75, 3.05) is 36.8 Å². The lowest BCUT2D eigenvalue weighted by molar-refractivity contribution is -0.128. The Balaban J connectivity index is 1.46. The molecule has 0 atom stereocenters. The molecule has 1 heterocycles. The minimum Gasteiger partial charge on any atom is -0.366 e. The van der Waals surface area contributed by atoms with E-state index < -0.39 is 0 Å². The summed E-state index contributed by atoms with van der Waals surface area (Å²) in [6.45, 7) is 2.32. The average Bonchev–Trinajstić information content (AvgIpc) is 2.64. The molecule has 3 rings (SSSR count). The van der Waals surface area contributed by atoms with E-state index >= 15 is 0 Å². The number of halogens is 3. The van der Waals surface area contributed by atoms with Crippen LogP contribution in [0.25, 0.3) is 0 Å². The Labute approximate surface area is 160 Å². The quantitative estimate of drug-likeness (QED) is 0.756. The Morgan fingerprint density at radius 2 is 1.77 bits per heavy atom. The number of para-hydroxylation sites is 1. The molecule has 0 aromatic heterocycles. The molecule has 3 nitrogen and oxygen atoms in total. The molecule has 0 aliphatic carbocycles. The predicted octanol–water partition coefficient (Wildman–Crippen LogP) is 4.20. The molecule has 1 saturated heterocycles. The van der Waals surface area contributed by atoms with Crippen LogP contribution in [0.3, 0.4) is 0 Å². The Morgan fingerprint density at radius 1 is 1.04 bits per heavy atom. The lowest BCUT2D eigenvalue weighted by Gasteiger charge is -2.36. The molecule has 2 aromatic carbocycles. The smallest absolute Gasteiger partial charge is 0.232 e. The summed E-state index contributed by atoms with van der Waals surface area (Å²) < 4.78 is 27.6. The second-order valence-electron chi connectivity index (χ2n) is 6.05. The third kappa shape index (κ3) is 4.68. The molecule has 0 bridgehead atoms. The fraction of sp³-hybridized carbons (Fsp3) is 0.316. The van der Waals surface area contributed by atoms with Crippen LogP contribution in [0.2, 0.25) is 5.02 Å². The fourth-order valence-electron chi connectivity index (χ4n) is 2.88. The number of anilines is 1. The molecular weight excluding hydrogens is 378 g/mol. The normalized spacial score (nSPS) is 14.6. The number of benzene rings is 2. The Hall–Kier alpha value is -1.79. The SMILES string of the molecule is O=C(CSCc1ccc(Cl)cc1F)N1CCN(c2ccccc2F)CC1. The van der Waals surface area contributed by atoms with E-state index in [4.69, 9.17) is 11.6 Å². The highest BCUT2D eigenvalue weighted by atomic mass is 35.5. The maximum absolute atomic E-state index is 13.9. The lowest BCUT2D eigenvalue weighted by Crippen LogP contribution is -2.49. The number of thioether (sulfide) groups is 1. The van der Waals surface area contributed by atoms with Gasteiger partial charge in [-0.3, -0.25) is 4.79 Å². The van der Waals surface area contributed by atoms with Gasteiger partial charge in [0.25, 0.3) is 0 Å². The lowest BCUT2D eigenvalue weighted by atomic mass is 10.2. The highest BCUT2D eigenvalue weighted by Gasteiger charge is 2.22. The van der Waals surface area contributed by atoms with Crippen molar-refractivity contribution in [3.63, 3.8) is 0 Å². The summed E-state index contributed by atoms with van der Waals surface area (Å²) in [6, 6.07) is 11.2. The third-order valence-corrected chi connectivity index (χ3v) is 5.53. The van der Waals surface area contributed by atoms with Crippen molar-refractivity contribution in [1.82, 2.24) is 4.90 Å². The van der Waals surface area contributed by atoms with Gasteiger partial charge in [-0.1, -0.05) is 29.8 Å². The molecule has 138 valence electrons. The number of carbonyl (C=O) groups excluding carboxylic acids is 1. The Bertz CT molecular complexity index is 782. The maximum Gasteiger partial charge on any atom is 0.232 e. The van der Waals surface area contributed by atoms with Crippen molar-refractivity contribution < 1.29 is 13.6 Å². The minimum atomic E-state index is -0.351. The van der Waals surface area contributed by atoms with Gasteiger partial charge in [-0.15, -0.1) is 11.8 Å². The number of carbonyl (C=O) groups is 1. The van der Waals surface area contributed by atoms with Crippen LogP contribution in [0.15, 0.2) is 42.5 Å². The summed E-state index contributed by atoms with van der Waals surface area (Å²) >= 11 is 7.11. The van der Waals surface area contributed by atoms with Gasteiger partial charge >= 0.3 is 0 Å². The standard InChI is InChI=1S/C19H19ClF2N2OS/c20-15-6-5-14(17(22)11-15)12-26-13-19(25)24-9-7-23(8-10-24)18-4-2-1-3-16(18)21/h1-6,11H,7-10,12-13H2. The first kappa shape index (κ1) is 19.0. The molecule has 0 saturated carbocycles. The number of hydrogen-bond donors (Lipinski definition) is 0. The second kappa shape index (κ2) is 8.73. The van der Waals surface area contributed by atoms with Crippen LogP contribution in [-0.4, -0.2) is 42.7 Å². The molecule has 7 heteroatoms. The van der Waals surface area contributed by atoms with Crippen LogP contribution in [0, 0.1) is 11.6 Å². The van der Waals surface area contributed by atoms with E-state index in [9.17, 15) is 13.6 Å². The predicted molar refractivity (Wildman–Crippen MR) is 103 cm³/mol. The van der Waals surface area contributed by atoms with Crippen molar-refractivity contribution in [2.45, 2.75) is 5.75 Å². The molecule has 26 heavy (non-hydrogen) atoms. The zero-order chi connectivity index (χ0) is 18.5. The first-order valence-electron chi connectivity index (χ1n) is 8.33. The Kier molecular flexibility index (Phi) is 6.38. The summed E-state index contributed by atoms with van der Waals surface area (Å²) in [7, 11) is 0. The van der Waals surface area contributed by atoms with Crippen LogP contribution in [0.5, 0.6) is 0 Å². The first-order chi connectivity index (χ1) is 12.5. The van der Waals surface area contributed by atoms with Crippen LogP contribution in [0.4, 0.5) is 14.5 Å². The van der Waals surface area contributed by atoms with E-state index in [0.29, 0.717) is 54.0 Å². The Morgan fingerprint density at radius 3 is 2.46 bits per heavy atom. The van der Waals surface area contributed by atoms with Gasteiger partial charge in [0, 0.05) is 37.0 Å². The van der Waals surface area contributed by atoms with Crippen LogP contribution >= 0.6 is 23.4 Å². The van der Waals surface area contributed by atoms with Gasteiger partial charge in [0.15, 0.2) is 0 Å². The van der Waals surface area contributed by atoms with E-state index in [1.165, 1.54) is 23.9 Å². The van der Waals surface area contributed by atoms with Crippen molar-refractivity contribution in [3.8, 4) is 0 Å². The summed E-state index contributed by atoms with van der Waals surface area (Å²) in [5, 5.41) is 0.361. The number of rotatable bonds is 5. The zero-order valence-corrected chi connectivity index (χ0v) is 15.7.